The molecule has 1 aliphatic rings. The second kappa shape index (κ2) is 4.99. The van der Waals surface area contributed by atoms with Crippen molar-refractivity contribution in [3.8, 4) is 0 Å². The molecule has 0 amide bonds. The van der Waals surface area contributed by atoms with Crippen LogP contribution in [0.5, 0.6) is 0 Å². The normalized spacial score (nSPS) is 15.7. The molecule has 0 radical (unpaired) electrons. The number of hydrogen-bond acceptors (Lipinski definition) is 2. The largest absolute Gasteiger partial charge is 0.399 e. The molecule has 1 fully saturated rings. The first-order valence-corrected chi connectivity index (χ1v) is 7.16. The number of rotatable bonds is 4. The number of anilines is 1. The summed E-state index contributed by atoms with van der Waals surface area (Å²) >= 11 is 0. The van der Waals surface area contributed by atoms with Gasteiger partial charge in [-0.15, -0.1) is 0 Å². The number of carbonyl (C=O) groups is 1. The van der Waals surface area contributed by atoms with E-state index in [1.807, 2.05) is 31.2 Å². The van der Waals surface area contributed by atoms with Crippen LogP contribution >= 0.6 is 0 Å². The minimum absolute atomic E-state index is 0.168. The molecule has 0 aliphatic heterocycles. The van der Waals surface area contributed by atoms with Gasteiger partial charge in [-0.2, -0.15) is 0 Å². The van der Waals surface area contributed by atoms with Crippen molar-refractivity contribution in [1.29, 1.82) is 0 Å². The van der Waals surface area contributed by atoms with E-state index in [0.29, 0.717) is 5.69 Å². The summed E-state index contributed by atoms with van der Waals surface area (Å²) in [6, 6.07) is 12.1. The maximum atomic E-state index is 13.4. The molecular weight excluding hydrogens is 265 g/mol. The van der Waals surface area contributed by atoms with E-state index in [1.165, 1.54) is 12.1 Å². The zero-order valence-corrected chi connectivity index (χ0v) is 12.0. The predicted molar refractivity (Wildman–Crippen MR) is 81.6 cm³/mol. The molecule has 21 heavy (non-hydrogen) atoms. The average Bonchev–Trinajstić information content (AvgIpc) is 3.25. The molecule has 3 heteroatoms. The maximum absolute atomic E-state index is 13.4. The van der Waals surface area contributed by atoms with Gasteiger partial charge >= 0.3 is 0 Å². The minimum atomic E-state index is -0.382. The number of aryl methyl sites for hydroxylation is 1. The molecule has 1 aliphatic carbocycles. The first kappa shape index (κ1) is 13.8. The quantitative estimate of drug-likeness (QED) is 0.872. The van der Waals surface area contributed by atoms with E-state index >= 15 is 0 Å². The lowest BCUT2D eigenvalue weighted by Crippen LogP contribution is -2.23. The molecule has 3 rings (SSSR count). The smallest absolute Gasteiger partial charge is 0.147 e. The molecular formula is C18H18FNO. The summed E-state index contributed by atoms with van der Waals surface area (Å²) in [6.45, 7) is 1.91. The highest BCUT2D eigenvalue weighted by Crippen LogP contribution is 2.49. The van der Waals surface area contributed by atoms with E-state index < -0.39 is 0 Å². The van der Waals surface area contributed by atoms with E-state index in [-0.39, 0.29) is 23.4 Å². The Balaban J connectivity index is 1.85. The Labute approximate surface area is 123 Å². The van der Waals surface area contributed by atoms with Gasteiger partial charge in [-0.3, -0.25) is 4.79 Å². The number of nitrogen functional groups attached to an aromatic ring is 1. The fourth-order valence-electron chi connectivity index (χ4n) is 2.83. The number of nitrogens with two attached hydrogens (primary N) is 1. The van der Waals surface area contributed by atoms with E-state index in [0.717, 1.165) is 29.5 Å². The van der Waals surface area contributed by atoms with Crippen molar-refractivity contribution in [2.75, 3.05) is 5.73 Å². The Morgan fingerprint density at radius 2 is 1.86 bits per heavy atom. The minimum Gasteiger partial charge on any atom is -0.399 e. The first-order chi connectivity index (χ1) is 10.0. The monoisotopic (exact) mass is 283 g/mol. The van der Waals surface area contributed by atoms with E-state index in [1.54, 1.807) is 6.07 Å². The summed E-state index contributed by atoms with van der Waals surface area (Å²) in [5.41, 5.74) is 8.77. The maximum Gasteiger partial charge on any atom is 0.147 e. The van der Waals surface area contributed by atoms with Gasteiger partial charge in [-0.25, -0.2) is 4.39 Å². The molecule has 0 spiro atoms. The third kappa shape index (κ3) is 2.56. The number of Topliss-reactive ketones (excluding diaryl/α,β-unsaturated/α-hetero) is 1. The third-order valence-corrected chi connectivity index (χ3v) is 4.41. The van der Waals surface area contributed by atoms with Crippen molar-refractivity contribution in [3.05, 3.63) is 65.0 Å². The third-order valence-electron chi connectivity index (χ3n) is 4.41. The highest BCUT2D eigenvalue weighted by Gasteiger charge is 2.50. The van der Waals surface area contributed by atoms with Crippen LogP contribution in [-0.2, 0) is 16.6 Å². The van der Waals surface area contributed by atoms with Crippen LogP contribution in [-0.4, -0.2) is 5.78 Å². The number of benzene rings is 2. The Bertz CT molecular complexity index is 687. The molecule has 108 valence electrons. The van der Waals surface area contributed by atoms with Gasteiger partial charge in [0, 0.05) is 12.1 Å². The van der Waals surface area contributed by atoms with Crippen LogP contribution in [0.15, 0.2) is 42.5 Å². The molecule has 1 saturated carbocycles. The highest BCUT2D eigenvalue weighted by molar-refractivity contribution is 5.94. The Morgan fingerprint density at radius 1 is 1.19 bits per heavy atom. The van der Waals surface area contributed by atoms with Crippen LogP contribution in [0.25, 0.3) is 0 Å². The van der Waals surface area contributed by atoms with E-state index in [4.69, 9.17) is 5.73 Å². The van der Waals surface area contributed by atoms with Crippen molar-refractivity contribution in [2.24, 2.45) is 0 Å². The molecule has 0 saturated heterocycles. The summed E-state index contributed by atoms with van der Waals surface area (Å²) < 4.78 is 13.4. The van der Waals surface area contributed by atoms with Crippen LogP contribution in [0.3, 0.4) is 0 Å². The van der Waals surface area contributed by atoms with Gasteiger partial charge in [-0.1, -0.05) is 18.2 Å². The second-order valence-corrected chi connectivity index (χ2v) is 5.87. The summed E-state index contributed by atoms with van der Waals surface area (Å²) in [5, 5.41) is 0. The molecule has 2 aromatic carbocycles. The Morgan fingerprint density at radius 3 is 2.48 bits per heavy atom. The van der Waals surface area contributed by atoms with Crippen molar-refractivity contribution >= 4 is 11.5 Å². The van der Waals surface area contributed by atoms with Crippen LogP contribution < -0.4 is 5.73 Å². The summed E-state index contributed by atoms with van der Waals surface area (Å²) in [7, 11) is 0. The van der Waals surface area contributed by atoms with Crippen LogP contribution in [0.1, 0.15) is 29.5 Å². The molecule has 0 heterocycles. The zero-order chi connectivity index (χ0) is 15.0. The molecule has 2 N–H and O–H groups in total. The summed E-state index contributed by atoms with van der Waals surface area (Å²) in [5.74, 6) is -0.123. The van der Waals surface area contributed by atoms with E-state index in [2.05, 4.69) is 0 Å². The highest BCUT2D eigenvalue weighted by atomic mass is 19.1. The molecule has 0 atom stereocenters. The van der Waals surface area contributed by atoms with Gasteiger partial charge in [0.1, 0.15) is 11.6 Å². The van der Waals surface area contributed by atoms with Crippen molar-refractivity contribution < 1.29 is 9.18 Å². The van der Waals surface area contributed by atoms with Gasteiger partial charge in [0.25, 0.3) is 0 Å². The molecule has 0 aromatic heterocycles. The van der Waals surface area contributed by atoms with Gasteiger partial charge in [0.15, 0.2) is 0 Å². The summed E-state index contributed by atoms with van der Waals surface area (Å²) in [4.78, 5) is 12.7. The van der Waals surface area contributed by atoms with Gasteiger partial charge < -0.3 is 5.73 Å². The van der Waals surface area contributed by atoms with Crippen molar-refractivity contribution in [3.63, 3.8) is 0 Å². The second-order valence-electron chi connectivity index (χ2n) is 5.87. The lowest BCUT2D eigenvalue weighted by atomic mass is 9.87. The Hall–Kier alpha value is -2.16. The SMILES string of the molecule is Cc1ccc(F)cc1CC(=O)C1(c2ccc(N)cc2)CC1. The molecule has 0 unspecified atom stereocenters. The fraction of sp³-hybridized carbons (Fsp3) is 0.278. The number of ketones is 1. The molecule has 2 aromatic rings. The first-order valence-electron chi connectivity index (χ1n) is 7.16. The van der Waals surface area contributed by atoms with Gasteiger partial charge in [-0.05, 0) is 60.7 Å². The van der Waals surface area contributed by atoms with Gasteiger partial charge in [0.2, 0.25) is 0 Å². The van der Waals surface area contributed by atoms with E-state index in [9.17, 15) is 9.18 Å². The van der Waals surface area contributed by atoms with Crippen molar-refractivity contribution in [2.45, 2.75) is 31.6 Å². The van der Waals surface area contributed by atoms with Gasteiger partial charge in [0.05, 0.1) is 5.41 Å². The fourth-order valence-corrected chi connectivity index (χ4v) is 2.83. The average molecular weight is 283 g/mol. The summed E-state index contributed by atoms with van der Waals surface area (Å²) in [6.07, 6.45) is 2.02. The molecule has 2 nitrogen and oxygen atoms in total. The predicted octanol–water partition coefficient (Wildman–Crippen LogP) is 3.56. The lowest BCUT2D eigenvalue weighted by molar-refractivity contribution is -0.120. The standard InChI is InChI=1S/C18H18FNO/c1-12-2-5-15(19)10-13(12)11-17(21)18(8-9-18)14-3-6-16(20)7-4-14/h2-7,10H,8-9,11,20H2,1H3. The number of halogens is 1. The van der Waals surface area contributed by atoms with Crippen molar-refractivity contribution in [1.82, 2.24) is 0 Å². The molecule has 0 bridgehead atoms. The number of carbonyl (C=O) groups excluding carboxylic acids is 1. The van der Waals surface area contributed by atoms with Crippen LogP contribution in [0.2, 0.25) is 0 Å². The Kier molecular flexibility index (Phi) is 3.28. The lowest BCUT2D eigenvalue weighted by Gasteiger charge is -2.16. The van der Waals surface area contributed by atoms with Crippen LogP contribution in [0.4, 0.5) is 10.1 Å². The zero-order valence-electron chi connectivity index (χ0n) is 12.0. The number of hydrogen-bond donors (Lipinski definition) is 1. The van der Waals surface area contributed by atoms with Crippen LogP contribution in [0, 0.1) is 12.7 Å². The topological polar surface area (TPSA) is 43.1 Å².